The van der Waals surface area contributed by atoms with Crippen LogP contribution < -0.4 is 0 Å². The molecule has 0 fully saturated rings. The lowest BCUT2D eigenvalue weighted by atomic mass is 10.1. The molecule has 0 unspecified atom stereocenters. The number of benzene rings is 2. The Hall–Kier alpha value is -1.21. The zero-order valence-electron chi connectivity index (χ0n) is 9.36. The summed E-state index contributed by atoms with van der Waals surface area (Å²) in [4.78, 5) is 1.45. The first-order chi connectivity index (χ1) is 7.90. The third-order valence-electron chi connectivity index (χ3n) is 3.11. The molecule has 0 atom stereocenters. The molecule has 0 aliphatic heterocycles. The van der Waals surface area contributed by atoms with Crippen LogP contribution in [0.1, 0.15) is 18.1 Å². The largest absolute Gasteiger partial charge is 0.126 e. The van der Waals surface area contributed by atoms with Gasteiger partial charge in [0.05, 0.1) is 0 Å². The second kappa shape index (κ2) is 3.99. The molecule has 0 amide bonds. The van der Waals surface area contributed by atoms with Gasteiger partial charge in [-0.15, -0.1) is 11.8 Å². The maximum Gasteiger partial charge on any atom is 0.0113 e. The van der Waals surface area contributed by atoms with Gasteiger partial charge < -0.3 is 0 Å². The summed E-state index contributed by atoms with van der Waals surface area (Å²) in [6, 6.07) is 15.4. The summed E-state index contributed by atoms with van der Waals surface area (Å²) < 4.78 is 0. The van der Waals surface area contributed by atoms with Crippen LogP contribution in [0.5, 0.6) is 0 Å². The first-order valence-corrected chi connectivity index (χ1v) is 6.71. The van der Waals surface area contributed by atoms with E-state index in [0.717, 1.165) is 12.2 Å². The quantitative estimate of drug-likeness (QED) is 0.585. The second-order valence-electron chi connectivity index (χ2n) is 4.05. The number of hydrogen-bond acceptors (Lipinski definition) is 1. The second-order valence-corrected chi connectivity index (χ2v) is 5.36. The highest BCUT2D eigenvalue weighted by Gasteiger charge is 2.19. The molecule has 0 bridgehead atoms. The Balaban J connectivity index is 2.16. The van der Waals surface area contributed by atoms with E-state index in [1.807, 2.05) is 11.8 Å². The van der Waals surface area contributed by atoms with Gasteiger partial charge in [-0.1, -0.05) is 43.3 Å². The Morgan fingerprint density at radius 1 is 1.00 bits per heavy atom. The molecule has 0 heterocycles. The van der Waals surface area contributed by atoms with E-state index in [9.17, 15) is 0 Å². The molecule has 0 N–H and O–H groups in total. The maximum atomic E-state index is 2.25. The first-order valence-electron chi connectivity index (χ1n) is 5.73. The summed E-state index contributed by atoms with van der Waals surface area (Å²) in [5.41, 5.74) is 5.86. The van der Waals surface area contributed by atoms with Crippen molar-refractivity contribution in [2.45, 2.75) is 18.2 Å². The van der Waals surface area contributed by atoms with Gasteiger partial charge in [0.1, 0.15) is 0 Å². The van der Waals surface area contributed by atoms with E-state index in [2.05, 4.69) is 49.4 Å². The van der Waals surface area contributed by atoms with Crippen LogP contribution in [-0.2, 0) is 6.42 Å². The summed E-state index contributed by atoms with van der Waals surface area (Å²) in [6.45, 7) is 2.21. The molecule has 0 spiro atoms. The zero-order valence-corrected chi connectivity index (χ0v) is 10.2. The minimum absolute atomic E-state index is 1.11. The molecule has 0 nitrogen and oxygen atoms in total. The molecule has 0 aromatic heterocycles. The fourth-order valence-electron chi connectivity index (χ4n) is 2.42. The Kier molecular flexibility index (Phi) is 2.49. The number of thioether (sulfide) groups is 1. The fourth-order valence-corrected chi connectivity index (χ4v) is 3.26. The first kappa shape index (κ1) is 9.98. The molecule has 80 valence electrons. The van der Waals surface area contributed by atoms with Crippen molar-refractivity contribution in [2.75, 3.05) is 5.75 Å². The van der Waals surface area contributed by atoms with Crippen LogP contribution in [-0.4, -0.2) is 5.75 Å². The predicted octanol–water partition coefficient (Wildman–Crippen LogP) is 4.37. The van der Waals surface area contributed by atoms with Crippen LogP contribution >= 0.6 is 11.8 Å². The van der Waals surface area contributed by atoms with Crippen molar-refractivity contribution in [3.63, 3.8) is 0 Å². The van der Waals surface area contributed by atoms with E-state index >= 15 is 0 Å². The topological polar surface area (TPSA) is 0 Å². The van der Waals surface area contributed by atoms with Gasteiger partial charge in [0.25, 0.3) is 0 Å². The van der Waals surface area contributed by atoms with Crippen LogP contribution in [0.2, 0.25) is 0 Å². The normalized spacial score (nSPS) is 12.3. The van der Waals surface area contributed by atoms with E-state index in [1.165, 1.54) is 27.1 Å². The highest BCUT2D eigenvalue weighted by atomic mass is 32.2. The van der Waals surface area contributed by atoms with Crippen LogP contribution in [0.25, 0.3) is 11.1 Å². The van der Waals surface area contributed by atoms with Crippen LogP contribution in [0.3, 0.4) is 0 Å². The Bertz CT molecular complexity index is 529. The van der Waals surface area contributed by atoms with E-state index in [0.29, 0.717) is 0 Å². The van der Waals surface area contributed by atoms with Crippen molar-refractivity contribution >= 4 is 11.8 Å². The van der Waals surface area contributed by atoms with Crippen molar-refractivity contribution in [1.82, 2.24) is 0 Å². The molecule has 0 saturated carbocycles. The molecule has 2 aromatic carbocycles. The highest BCUT2D eigenvalue weighted by molar-refractivity contribution is 7.99. The monoisotopic (exact) mass is 226 g/mol. The van der Waals surface area contributed by atoms with E-state index in [-0.39, 0.29) is 0 Å². The van der Waals surface area contributed by atoms with Gasteiger partial charge in [0, 0.05) is 4.90 Å². The number of hydrogen-bond donors (Lipinski definition) is 0. The smallest absolute Gasteiger partial charge is 0.0113 e. The molecular weight excluding hydrogens is 212 g/mol. The molecule has 1 aliphatic rings. The molecule has 16 heavy (non-hydrogen) atoms. The number of rotatable bonds is 2. The third kappa shape index (κ3) is 1.47. The van der Waals surface area contributed by atoms with Gasteiger partial charge in [0.15, 0.2) is 0 Å². The molecule has 0 saturated heterocycles. The summed E-state index contributed by atoms with van der Waals surface area (Å²) in [5, 5.41) is 0. The predicted molar refractivity (Wildman–Crippen MR) is 71.1 cm³/mol. The summed E-state index contributed by atoms with van der Waals surface area (Å²) in [6.07, 6.45) is 1.11. The van der Waals surface area contributed by atoms with Gasteiger partial charge in [-0.3, -0.25) is 0 Å². The van der Waals surface area contributed by atoms with Gasteiger partial charge in [-0.2, -0.15) is 0 Å². The van der Waals surface area contributed by atoms with Gasteiger partial charge in [-0.05, 0) is 40.5 Å². The minimum Gasteiger partial charge on any atom is -0.126 e. The Morgan fingerprint density at radius 3 is 2.69 bits per heavy atom. The van der Waals surface area contributed by atoms with Crippen molar-refractivity contribution in [3.05, 3.63) is 53.6 Å². The molecule has 2 aromatic rings. The molecular formula is C15H14S. The van der Waals surface area contributed by atoms with Gasteiger partial charge in [0.2, 0.25) is 0 Å². The fraction of sp³-hybridized carbons (Fsp3) is 0.200. The van der Waals surface area contributed by atoms with E-state index in [1.54, 1.807) is 0 Å². The Labute approximate surface area is 101 Å². The SMILES string of the molecule is CCSc1cccc2c1Cc1ccccc1-2. The molecule has 1 heteroatoms. The Morgan fingerprint density at radius 2 is 1.81 bits per heavy atom. The van der Waals surface area contributed by atoms with Gasteiger partial charge >= 0.3 is 0 Å². The average Bonchev–Trinajstić information content (AvgIpc) is 2.69. The third-order valence-corrected chi connectivity index (χ3v) is 4.09. The zero-order chi connectivity index (χ0) is 11.0. The van der Waals surface area contributed by atoms with Crippen LogP contribution in [0.15, 0.2) is 47.4 Å². The summed E-state index contributed by atoms with van der Waals surface area (Å²) in [5.74, 6) is 1.15. The van der Waals surface area contributed by atoms with Crippen molar-refractivity contribution in [3.8, 4) is 11.1 Å². The standard InChI is InChI=1S/C15H14S/c1-2-16-15-9-5-8-13-12-7-4-3-6-11(12)10-14(13)15/h3-9H,2,10H2,1H3. The van der Waals surface area contributed by atoms with Crippen LogP contribution in [0, 0.1) is 0 Å². The van der Waals surface area contributed by atoms with E-state index in [4.69, 9.17) is 0 Å². The van der Waals surface area contributed by atoms with Crippen LogP contribution in [0.4, 0.5) is 0 Å². The molecule has 0 radical (unpaired) electrons. The van der Waals surface area contributed by atoms with Crippen molar-refractivity contribution in [2.24, 2.45) is 0 Å². The maximum absolute atomic E-state index is 2.25. The summed E-state index contributed by atoms with van der Waals surface area (Å²) >= 11 is 1.95. The summed E-state index contributed by atoms with van der Waals surface area (Å²) in [7, 11) is 0. The van der Waals surface area contributed by atoms with Gasteiger partial charge in [-0.25, -0.2) is 0 Å². The highest BCUT2D eigenvalue weighted by Crippen LogP contribution is 2.40. The van der Waals surface area contributed by atoms with Crippen molar-refractivity contribution in [1.29, 1.82) is 0 Å². The lowest BCUT2D eigenvalue weighted by Gasteiger charge is -2.06. The lowest BCUT2D eigenvalue weighted by Crippen LogP contribution is -1.85. The minimum atomic E-state index is 1.11. The van der Waals surface area contributed by atoms with Crippen molar-refractivity contribution < 1.29 is 0 Å². The molecule has 1 aliphatic carbocycles. The average molecular weight is 226 g/mol. The molecule has 3 rings (SSSR count). The van der Waals surface area contributed by atoms with E-state index < -0.39 is 0 Å². The lowest BCUT2D eigenvalue weighted by molar-refractivity contribution is 1.18. The number of fused-ring (bicyclic) bond motifs is 3.